The van der Waals surface area contributed by atoms with Gasteiger partial charge in [0, 0.05) is 6.54 Å². The van der Waals surface area contributed by atoms with E-state index < -0.39 is 0 Å². The minimum Gasteiger partial charge on any atom is -0.495 e. The number of ether oxygens (including phenoxy) is 1. The Balaban J connectivity index is 2.82. The van der Waals surface area contributed by atoms with E-state index in [-0.39, 0.29) is 5.54 Å². The van der Waals surface area contributed by atoms with Crippen molar-refractivity contribution in [2.75, 3.05) is 7.11 Å². The van der Waals surface area contributed by atoms with E-state index in [1.54, 1.807) is 19.2 Å². The smallest absolute Gasteiger partial charge is 0.136 e. The fourth-order valence-corrected chi connectivity index (χ4v) is 1.33. The van der Waals surface area contributed by atoms with E-state index >= 15 is 0 Å². The van der Waals surface area contributed by atoms with Gasteiger partial charge in [-0.05, 0) is 31.5 Å². The molecule has 0 spiro atoms. The predicted molar refractivity (Wildman–Crippen MR) is 67.5 cm³/mol. The molecule has 0 saturated carbocycles. The molecule has 0 aliphatic heterocycles. The summed E-state index contributed by atoms with van der Waals surface area (Å²) in [7, 11) is 1.55. The molecule has 1 rings (SSSR count). The second-order valence-electron chi connectivity index (χ2n) is 4.27. The van der Waals surface area contributed by atoms with Crippen LogP contribution in [-0.2, 0) is 6.54 Å². The third-order valence-corrected chi connectivity index (χ3v) is 2.48. The molecule has 1 aromatic rings. The van der Waals surface area contributed by atoms with Crippen LogP contribution in [0.15, 0.2) is 18.2 Å². The van der Waals surface area contributed by atoms with Crippen LogP contribution in [0.2, 0.25) is 0 Å². The predicted octanol–water partition coefficient (Wildman–Crippen LogP) is 2.07. The number of nitriles is 1. The Morgan fingerprint density at radius 2 is 2.18 bits per heavy atom. The van der Waals surface area contributed by atoms with Crippen molar-refractivity contribution in [1.82, 2.24) is 5.32 Å². The molecule has 0 radical (unpaired) electrons. The first-order valence-corrected chi connectivity index (χ1v) is 5.32. The molecule has 17 heavy (non-hydrogen) atoms. The van der Waals surface area contributed by atoms with Crippen LogP contribution < -0.4 is 10.1 Å². The SMILES string of the molecule is C#CC(C)(C)NCc1ccc(OC)c(C#N)c1. The fourth-order valence-electron chi connectivity index (χ4n) is 1.33. The quantitative estimate of drug-likeness (QED) is 0.802. The lowest BCUT2D eigenvalue weighted by molar-refractivity contribution is 0.413. The molecule has 1 N–H and O–H groups in total. The highest BCUT2D eigenvalue weighted by atomic mass is 16.5. The number of terminal acetylenes is 1. The first kappa shape index (κ1) is 13.1. The highest BCUT2D eigenvalue weighted by molar-refractivity contribution is 5.45. The molecular weight excluding hydrogens is 212 g/mol. The van der Waals surface area contributed by atoms with Crippen LogP contribution in [-0.4, -0.2) is 12.6 Å². The summed E-state index contributed by atoms with van der Waals surface area (Å²) in [5.74, 6) is 3.25. The molecule has 88 valence electrons. The number of hydrogen-bond acceptors (Lipinski definition) is 3. The van der Waals surface area contributed by atoms with Crippen LogP contribution in [0.25, 0.3) is 0 Å². The maximum Gasteiger partial charge on any atom is 0.136 e. The Kier molecular flexibility index (Phi) is 4.15. The summed E-state index contributed by atoms with van der Waals surface area (Å²) in [5, 5.41) is 12.2. The highest BCUT2D eigenvalue weighted by Crippen LogP contribution is 2.19. The van der Waals surface area contributed by atoms with Crippen LogP contribution in [0.3, 0.4) is 0 Å². The van der Waals surface area contributed by atoms with Gasteiger partial charge >= 0.3 is 0 Å². The molecule has 0 aliphatic carbocycles. The molecule has 1 aromatic carbocycles. The van der Waals surface area contributed by atoms with Crippen LogP contribution in [0.1, 0.15) is 25.0 Å². The lowest BCUT2D eigenvalue weighted by Gasteiger charge is -2.19. The number of rotatable bonds is 4. The Hall–Kier alpha value is -1.97. The molecule has 0 saturated heterocycles. The topological polar surface area (TPSA) is 45.0 Å². The fraction of sp³-hybridized carbons (Fsp3) is 0.357. The zero-order valence-electron chi connectivity index (χ0n) is 10.4. The van der Waals surface area contributed by atoms with Gasteiger partial charge < -0.3 is 4.74 Å². The standard InChI is InChI=1S/C14H16N2O/c1-5-14(2,3)16-10-11-6-7-13(17-4)12(8-11)9-15/h1,6-8,16H,10H2,2-4H3. The Morgan fingerprint density at radius 3 is 2.71 bits per heavy atom. The minimum absolute atomic E-state index is 0.354. The third kappa shape index (κ3) is 3.52. The molecule has 0 unspecified atom stereocenters. The van der Waals surface area contributed by atoms with Crippen LogP contribution >= 0.6 is 0 Å². The van der Waals surface area contributed by atoms with Gasteiger partial charge in [0.1, 0.15) is 11.8 Å². The Labute approximate surface area is 102 Å². The lowest BCUT2D eigenvalue weighted by atomic mass is 10.1. The summed E-state index contributed by atoms with van der Waals surface area (Å²) in [6.45, 7) is 4.49. The van der Waals surface area contributed by atoms with Crippen molar-refractivity contribution in [3.63, 3.8) is 0 Å². The van der Waals surface area contributed by atoms with Gasteiger partial charge in [0.05, 0.1) is 18.2 Å². The second-order valence-corrected chi connectivity index (χ2v) is 4.27. The zero-order valence-corrected chi connectivity index (χ0v) is 10.4. The maximum atomic E-state index is 8.97. The van der Waals surface area contributed by atoms with Crippen LogP contribution in [0.4, 0.5) is 0 Å². The third-order valence-electron chi connectivity index (χ3n) is 2.48. The van der Waals surface area contributed by atoms with Gasteiger partial charge in [-0.3, -0.25) is 5.32 Å². The Bertz CT molecular complexity index is 478. The molecule has 3 nitrogen and oxygen atoms in total. The first-order chi connectivity index (χ1) is 8.02. The number of benzene rings is 1. The summed E-state index contributed by atoms with van der Waals surface area (Å²) in [6.07, 6.45) is 5.39. The molecular formula is C14H16N2O. The van der Waals surface area contributed by atoms with Gasteiger partial charge in [0.15, 0.2) is 0 Å². The molecule has 0 heterocycles. The Morgan fingerprint density at radius 1 is 1.47 bits per heavy atom. The largest absolute Gasteiger partial charge is 0.495 e. The summed E-state index contributed by atoms with van der Waals surface area (Å²) >= 11 is 0. The van der Waals surface area contributed by atoms with Crippen molar-refractivity contribution in [2.45, 2.75) is 25.9 Å². The van der Waals surface area contributed by atoms with Gasteiger partial charge in [0.25, 0.3) is 0 Å². The molecule has 0 amide bonds. The van der Waals surface area contributed by atoms with Crippen LogP contribution in [0.5, 0.6) is 5.75 Å². The summed E-state index contributed by atoms with van der Waals surface area (Å²) < 4.78 is 5.08. The van der Waals surface area contributed by atoms with Crippen molar-refractivity contribution in [2.24, 2.45) is 0 Å². The van der Waals surface area contributed by atoms with E-state index in [9.17, 15) is 0 Å². The molecule has 0 aliphatic rings. The molecule has 0 aromatic heterocycles. The monoisotopic (exact) mass is 228 g/mol. The van der Waals surface area contributed by atoms with Gasteiger partial charge in [-0.25, -0.2) is 0 Å². The summed E-state index contributed by atoms with van der Waals surface area (Å²) in [4.78, 5) is 0. The number of nitrogens with one attached hydrogen (secondary N) is 1. The van der Waals surface area contributed by atoms with E-state index in [0.717, 1.165) is 5.56 Å². The molecule has 0 fully saturated rings. The minimum atomic E-state index is -0.354. The van der Waals surface area contributed by atoms with Gasteiger partial charge in [-0.15, -0.1) is 6.42 Å². The van der Waals surface area contributed by atoms with E-state index in [1.165, 1.54) is 0 Å². The normalized spacial score (nSPS) is 10.4. The zero-order chi connectivity index (χ0) is 12.9. The van der Waals surface area contributed by atoms with Crippen molar-refractivity contribution in [1.29, 1.82) is 5.26 Å². The van der Waals surface area contributed by atoms with Gasteiger partial charge in [-0.1, -0.05) is 12.0 Å². The number of methoxy groups -OCH3 is 1. The first-order valence-electron chi connectivity index (χ1n) is 5.32. The summed E-state index contributed by atoms with van der Waals surface area (Å²) in [6, 6.07) is 7.61. The number of nitrogens with zero attached hydrogens (tertiary/aromatic N) is 1. The highest BCUT2D eigenvalue weighted by Gasteiger charge is 2.12. The van der Waals surface area contributed by atoms with Crippen LogP contribution in [0, 0.1) is 23.7 Å². The average Bonchev–Trinajstić information content (AvgIpc) is 2.36. The molecule has 0 atom stereocenters. The summed E-state index contributed by atoms with van der Waals surface area (Å²) in [5.41, 5.74) is 1.18. The van der Waals surface area contributed by atoms with Crippen molar-refractivity contribution >= 4 is 0 Å². The average molecular weight is 228 g/mol. The lowest BCUT2D eigenvalue weighted by Crippen LogP contribution is -2.36. The maximum absolute atomic E-state index is 8.97. The van der Waals surface area contributed by atoms with Gasteiger partial charge in [-0.2, -0.15) is 5.26 Å². The van der Waals surface area contributed by atoms with E-state index in [1.807, 2.05) is 19.9 Å². The van der Waals surface area contributed by atoms with Crippen molar-refractivity contribution < 1.29 is 4.74 Å². The van der Waals surface area contributed by atoms with Crippen molar-refractivity contribution in [3.05, 3.63) is 29.3 Å². The van der Waals surface area contributed by atoms with E-state index in [4.69, 9.17) is 16.4 Å². The second kappa shape index (κ2) is 5.39. The van der Waals surface area contributed by atoms with E-state index in [2.05, 4.69) is 17.3 Å². The molecule has 0 bridgehead atoms. The van der Waals surface area contributed by atoms with E-state index in [0.29, 0.717) is 17.9 Å². The van der Waals surface area contributed by atoms with Gasteiger partial charge in [0.2, 0.25) is 0 Å². The van der Waals surface area contributed by atoms with Crippen molar-refractivity contribution in [3.8, 4) is 24.2 Å². The molecule has 3 heteroatoms. The number of hydrogen-bond donors (Lipinski definition) is 1.